The smallest absolute Gasteiger partial charge is 0.125 e. The van der Waals surface area contributed by atoms with Crippen LogP contribution >= 0.6 is 0 Å². The van der Waals surface area contributed by atoms with Gasteiger partial charge in [0.15, 0.2) is 0 Å². The Balaban J connectivity index is 2.67. The standard InChI is InChI=1S/C12H18N4/c1-4-16-11-6-9(3)8(2)5-10(11)15-12(16)7-14-13/h5-6,14H,4,7,13H2,1-3H3. The molecule has 0 fully saturated rings. The van der Waals surface area contributed by atoms with E-state index in [9.17, 15) is 0 Å². The molecule has 3 N–H and O–H groups in total. The minimum absolute atomic E-state index is 0.598. The summed E-state index contributed by atoms with van der Waals surface area (Å²) in [5.74, 6) is 6.35. The minimum Gasteiger partial charge on any atom is -0.327 e. The lowest BCUT2D eigenvalue weighted by atomic mass is 10.1. The number of aromatic nitrogens is 2. The van der Waals surface area contributed by atoms with Crippen molar-refractivity contribution in [3.63, 3.8) is 0 Å². The van der Waals surface area contributed by atoms with Gasteiger partial charge < -0.3 is 4.57 Å². The first kappa shape index (κ1) is 11.1. The highest BCUT2D eigenvalue weighted by Crippen LogP contribution is 2.20. The first-order chi connectivity index (χ1) is 7.67. The van der Waals surface area contributed by atoms with Gasteiger partial charge in [0.25, 0.3) is 0 Å². The Hall–Kier alpha value is -1.39. The first-order valence-electron chi connectivity index (χ1n) is 5.57. The Kier molecular flexibility index (Phi) is 2.94. The van der Waals surface area contributed by atoms with Crippen molar-refractivity contribution in [2.75, 3.05) is 0 Å². The number of nitrogens with one attached hydrogen (secondary N) is 1. The number of aryl methyl sites for hydroxylation is 3. The van der Waals surface area contributed by atoms with Crippen LogP contribution in [0.2, 0.25) is 0 Å². The molecule has 4 heteroatoms. The second-order valence-corrected chi connectivity index (χ2v) is 4.08. The zero-order valence-corrected chi connectivity index (χ0v) is 10.0. The summed E-state index contributed by atoms with van der Waals surface area (Å²) in [7, 11) is 0. The summed E-state index contributed by atoms with van der Waals surface area (Å²) in [5.41, 5.74) is 7.49. The van der Waals surface area contributed by atoms with E-state index in [0.29, 0.717) is 6.54 Å². The molecule has 4 nitrogen and oxygen atoms in total. The molecule has 1 heterocycles. The number of hydrazine groups is 1. The fraction of sp³-hybridized carbons (Fsp3) is 0.417. The SMILES string of the molecule is CCn1c(CNN)nc2cc(C)c(C)cc21. The number of hydrogen-bond acceptors (Lipinski definition) is 3. The topological polar surface area (TPSA) is 55.9 Å². The van der Waals surface area contributed by atoms with E-state index in [1.807, 2.05) is 0 Å². The van der Waals surface area contributed by atoms with Crippen LogP contribution in [-0.2, 0) is 13.1 Å². The molecule has 1 aromatic heterocycles. The molecule has 2 rings (SSSR count). The van der Waals surface area contributed by atoms with E-state index in [0.717, 1.165) is 17.9 Å². The van der Waals surface area contributed by atoms with Crippen molar-refractivity contribution in [2.24, 2.45) is 5.84 Å². The third-order valence-electron chi connectivity index (χ3n) is 3.02. The number of nitrogens with zero attached hydrogens (tertiary/aromatic N) is 2. The Morgan fingerprint density at radius 3 is 2.62 bits per heavy atom. The molecule has 2 aromatic rings. The van der Waals surface area contributed by atoms with E-state index in [1.54, 1.807) is 0 Å². The molecule has 16 heavy (non-hydrogen) atoms. The van der Waals surface area contributed by atoms with Gasteiger partial charge in [0.05, 0.1) is 17.6 Å². The lowest BCUT2D eigenvalue weighted by molar-refractivity contribution is 0.642. The van der Waals surface area contributed by atoms with E-state index in [1.165, 1.54) is 16.6 Å². The maximum Gasteiger partial charge on any atom is 0.125 e. The molecule has 0 saturated heterocycles. The summed E-state index contributed by atoms with van der Waals surface area (Å²) in [6, 6.07) is 4.33. The number of hydrogen-bond donors (Lipinski definition) is 2. The number of nitrogens with two attached hydrogens (primary N) is 1. The molecule has 0 aliphatic rings. The van der Waals surface area contributed by atoms with Gasteiger partial charge >= 0.3 is 0 Å². The van der Waals surface area contributed by atoms with Crippen LogP contribution in [0.3, 0.4) is 0 Å². The van der Waals surface area contributed by atoms with E-state index in [4.69, 9.17) is 5.84 Å². The predicted octanol–water partition coefficient (Wildman–Crippen LogP) is 1.64. The summed E-state index contributed by atoms with van der Waals surface area (Å²) < 4.78 is 2.20. The van der Waals surface area contributed by atoms with Crippen molar-refractivity contribution in [1.82, 2.24) is 15.0 Å². The zero-order chi connectivity index (χ0) is 11.7. The Bertz CT molecular complexity index is 513. The van der Waals surface area contributed by atoms with Gasteiger partial charge in [-0.15, -0.1) is 0 Å². The molecule has 0 atom stereocenters. The van der Waals surface area contributed by atoms with Crippen molar-refractivity contribution >= 4 is 11.0 Å². The average Bonchev–Trinajstić information content (AvgIpc) is 2.56. The van der Waals surface area contributed by atoms with Crippen LogP contribution in [0.15, 0.2) is 12.1 Å². The fourth-order valence-electron chi connectivity index (χ4n) is 2.01. The van der Waals surface area contributed by atoms with Crippen molar-refractivity contribution in [2.45, 2.75) is 33.9 Å². The highest BCUT2D eigenvalue weighted by molar-refractivity contribution is 5.78. The molecule has 0 amide bonds. The van der Waals surface area contributed by atoms with Crippen LogP contribution < -0.4 is 11.3 Å². The van der Waals surface area contributed by atoms with E-state index >= 15 is 0 Å². The lowest BCUT2D eigenvalue weighted by Gasteiger charge is -2.06. The van der Waals surface area contributed by atoms with E-state index < -0.39 is 0 Å². The van der Waals surface area contributed by atoms with Crippen molar-refractivity contribution in [3.8, 4) is 0 Å². The van der Waals surface area contributed by atoms with Gasteiger partial charge in [-0.3, -0.25) is 11.3 Å². The molecule has 0 spiro atoms. The third kappa shape index (κ3) is 1.70. The summed E-state index contributed by atoms with van der Waals surface area (Å²) in [5, 5.41) is 0. The van der Waals surface area contributed by atoms with Gasteiger partial charge in [-0.25, -0.2) is 4.98 Å². The van der Waals surface area contributed by atoms with Gasteiger partial charge in [-0.1, -0.05) is 0 Å². The first-order valence-corrected chi connectivity index (χ1v) is 5.57. The quantitative estimate of drug-likeness (QED) is 0.608. The van der Waals surface area contributed by atoms with Crippen LogP contribution in [0.5, 0.6) is 0 Å². The van der Waals surface area contributed by atoms with Crippen molar-refractivity contribution in [3.05, 3.63) is 29.1 Å². The second-order valence-electron chi connectivity index (χ2n) is 4.08. The molecule has 1 aromatic carbocycles. The maximum atomic E-state index is 5.36. The molecule has 0 bridgehead atoms. The van der Waals surface area contributed by atoms with Gasteiger partial charge in [0.1, 0.15) is 5.82 Å². The number of rotatable bonds is 3. The average molecular weight is 218 g/mol. The molecule has 0 unspecified atom stereocenters. The van der Waals surface area contributed by atoms with Crippen molar-refractivity contribution < 1.29 is 0 Å². The Morgan fingerprint density at radius 2 is 2.00 bits per heavy atom. The second kappa shape index (κ2) is 4.23. The van der Waals surface area contributed by atoms with E-state index in [2.05, 4.69) is 47.9 Å². The van der Waals surface area contributed by atoms with E-state index in [-0.39, 0.29) is 0 Å². The monoisotopic (exact) mass is 218 g/mol. The third-order valence-corrected chi connectivity index (χ3v) is 3.02. The predicted molar refractivity (Wildman–Crippen MR) is 65.9 cm³/mol. The highest BCUT2D eigenvalue weighted by atomic mass is 15.2. The summed E-state index contributed by atoms with van der Waals surface area (Å²) >= 11 is 0. The number of imidazole rings is 1. The van der Waals surface area contributed by atoms with Crippen LogP contribution in [-0.4, -0.2) is 9.55 Å². The molecule has 0 radical (unpaired) electrons. The van der Waals surface area contributed by atoms with Gasteiger partial charge in [-0.2, -0.15) is 0 Å². The maximum absolute atomic E-state index is 5.36. The molecule has 0 aliphatic heterocycles. The Morgan fingerprint density at radius 1 is 1.31 bits per heavy atom. The molecule has 0 saturated carbocycles. The summed E-state index contributed by atoms with van der Waals surface area (Å²) in [6.45, 7) is 7.87. The minimum atomic E-state index is 0.598. The zero-order valence-electron chi connectivity index (χ0n) is 10.0. The molecule has 86 valence electrons. The molecular formula is C12H18N4. The van der Waals surface area contributed by atoms with Gasteiger partial charge in [0.2, 0.25) is 0 Å². The van der Waals surface area contributed by atoms with Gasteiger partial charge in [-0.05, 0) is 44.0 Å². The van der Waals surface area contributed by atoms with Crippen LogP contribution in [0, 0.1) is 13.8 Å². The van der Waals surface area contributed by atoms with Crippen LogP contribution in [0.4, 0.5) is 0 Å². The summed E-state index contributed by atoms with van der Waals surface area (Å²) in [6.07, 6.45) is 0. The van der Waals surface area contributed by atoms with Crippen LogP contribution in [0.1, 0.15) is 23.9 Å². The molecular weight excluding hydrogens is 200 g/mol. The van der Waals surface area contributed by atoms with Crippen LogP contribution in [0.25, 0.3) is 11.0 Å². The number of benzene rings is 1. The molecule has 0 aliphatic carbocycles. The summed E-state index contributed by atoms with van der Waals surface area (Å²) in [4.78, 5) is 4.60. The van der Waals surface area contributed by atoms with Crippen molar-refractivity contribution in [1.29, 1.82) is 0 Å². The fourth-order valence-corrected chi connectivity index (χ4v) is 2.01. The number of fused-ring (bicyclic) bond motifs is 1. The normalized spacial score (nSPS) is 11.2. The van der Waals surface area contributed by atoms with Gasteiger partial charge in [0, 0.05) is 6.54 Å². The Labute approximate surface area is 95.4 Å². The largest absolute Gasteiger partial charge is 0.327 e. The lowest BCUT2D eigenvalue weighted by Crippen LogP contribution is -2.23. The highest BCUT2D eigenvalue weighted by Gasteiger charge is 2.09.